The number of amides is 1. The molecule has 1 saturated heterocycles. The molecule has 0 unspecified atom stereocenters. The Kier molecular flexibility index (Phi) is 8.16. The molecule has 0 atom stereocenters. The highest BCUT2D eigenvalue weighted by atomic mass is 16.5. The molecular formula is C23H37N3O2. The molecule has 2 fully saturated rings. The van der Waals surface area contributed by atoms with E-state index >= 15 is 0 Å². The summed E-state index contributed by atoms with van der Waals surface area (Å²) in [5.74, 6) is 0.853. The average Bonchev–Trinajstić information content (AvgIpc) is 2.72. The van der Waals surface area contributed by atoms with Crippen molar-refractivity contribution in [2.45, 2.75) is 52.0 Å². The van der Waals surface area contributed by atoms with Gasteiger partial charge in [0.1, 0.15) is 6.61 Å². The van der Waals surface area contributed by atoms with Crippen LogP contribution in [0.3, 0.4) is 0 Å². The molecule has 1 heterocycles. The van der Waals surface area contributed by atoms with Gasteiger partial charge in [-0.1, -0.05) is 18.2 Å². The van der Waals surface area contributed by atoms with Crippen molar-refractivity contribution in [2.75, 3.05) is 50.8 Å². The number of para-hydroxylation sites is 1. The van der Waals surface area contributed by atoms with Gasteiger partial charge in [0.05, 0.1) is 0 Å². The maximum atomic E-state index is 11.8. The molecule has 3 rings (SSSR count). The van der Waals surface area contributed by atoms with Gasteiger partial charge in [-0.15, -0.1) is 0 Å². The van der Waals surface area contributed by atoms with Crippen molar-refractivity contribution >= 4 is 11.6 Å². The number of rotatable bonds is 8. The largest absolute Gasteiger partial charge is 0.372 e. The second kappa shape index (κ2) is 10.8. The van der Waals surface area contributed by atoms with Crippen molar-refractivity contribution in [3.63, 3.8) is 0 Å². The van der Waals surface area contributed by atoms with Gasteiger partial charge in [0.25, 0.3) is 0 Å². The predicted molar refractivity (Wildman–Crippen MR) is 115 cm³/mol. The van der Waals surface area contributed by atoms with Crippen LogP contribution in [0.25, 0.3) is 0 Å². The molecule has 2 aliphatic rings. The van der Waals surface area contributed by atoms with E-state index in [9.17, 15) is 4.79 Å². The number of piperazine rings is 1. The van der Waals surface area contributed by atoms with E-state index in [0.717, 1.165) is 44.9 Å². The Morgan fingerprint density at radius 3 is 2.50 bits per heavy atom. The zero-order valence-corrected chi connectivity index (χ0v) is 17.7. The van der Waals surface area contributed by atoms with Crippen LogP contribution >= 0.6 is 0 Å². The number of hydrogen-bond acceptors (Lipinski definition) is 4. The van der Waals surface area contributed by atoms with Crippen LogP contribution in [0.2, 0.25) is 0 Å². The zero-order valence-electron chi connectivity index (χ0n) is 17.7. The Bertz CT molecular complexity index is 606. The van der Waals surface area contributed by atoms with Crippen LogP contribution in [0.15, 0.2) is 24.3 Å². The summed E-state index contributed by atoms with van der Waals surface area (Å²) in [6, 6.07) is 9.06. The number of hydrogen-bond donors (Lipinski definition) is 1. The molecule has 5 heteroatoms. The van der Waals surface area contributed by atoms with Crippen molar-refractivity contribution in [2.24, 2.45) is 5.92 Å². The minimum atomic E-state index is 0.0387. The molecule has 1 aromatic rings. The molecule has 1 amide bonds. The molecule has 5 nitrogen and oxygen atoms in total. The summed E-state index contributed by atoms with van der Waals surface area (Å²) >= 11 is 0. The number of ether oxygens (including phenoxy) is 1. The Morgan fingerprint density at radius 2 is 1.82 bits per heavy atom. The molecule has 1 saturated carbocycles. The van der Waals surface area contributed by atoms with E-state index in [2.05, 4.69) is 46.3 Å². The minimum Gasteiger partial charge on any atom is -0.372 e. The Morgan fingerprint density at radius 1 is 1.11 bits per heavy atom. The first-order valence-corrected chi connectivity index (χ1v) is 11.1. The molecular weight excluding hydrogens is 350 g/mol. The third-order valence-electron chi connectivity index (χ3n) is 6.33. The van der Waals surface area contributed by atoms with Crippen LogP contribution in [-0.4, -0.2) is 62.8 Å². The second-order valence-electron chi connectivity index (χ2n) is 8.33. The summed E-state index contributed by atoms with van der Waals surface area (Å²) in [5, 5.41) is 3.12. The SMILES string of the molecule is CCOCC(=O)N[C@H]1CC[C@H](CCN2CCN(c3ccccc3C)CC2)CC1. The molecule has 1 aliphatic carbocycles. The smallest absolute Gasteiger partial charge is 0.246 e. The lowest BCUT2D eigenvalue weighted by Crippen LogP contribution is -2.47. The van der Waals surface area contributed by atoms with E-state index in [-0.39, 0.29) is 12.5 Å². The summed E-state index contributed by atoms with van der Waals surface area (Å²) in [4.78, 5) is 16.9. The molecule has 0 bridgehead atoms. The van der Waals surface area contributed by atoms with E-state index in [1.54, 1.807) is 0 Å². The van der Waals surface area contributed by atoms with E-state index in [4.69, 9.17) is 4.74 Å². The lowest BCUT2D eigenvalue weighted by Gasteiger charge is -2.38. The maximum absolute atomic E-state index is 11.8. The third-order valence-corrected chi connectivity index (χ3v) is 6.33. The van der Waals surface area contributed by atoms with Gasteiger partial charge in [-0.05, 0) is 70.0 Å². The highest BCUT2D eigenvalue weighted by Gasteiger charge is 2.24. The standard InChI is InChI=1S/C23H37N3O2/c1-3-28-18-23(27)24-21-10-8-20(9-11-21)12-13-25-14-16-26(17-15-25)22-7-5-4-6-19(22)2/h4-7,20-21H,3,8-18H2,1-2H3,(H,24,27)/t20-,21-. The van der Waals surface area contributed by atoms with E-state index in [1.165, 1.54) is 37.1 Å². The second-order valence-corrected chi connectivity index (χ2v) is 8.33. The van der Waals surface area contributed by atoms with Gasteiger partial charge in [0, 0.05) is 44.5 Å². The van der Waals surface area contributed by atoms with Crippen LogP contribution in [0.1, 0.15) is 44.6 Å². The molecule has 1 aliphatic heterocycles. The summed E-state index contributed by atoms with van der Waals surface area (Å²) in [6.45, 7) is 10.7. The van der Waals surface area contributed by atoms with Crippen molar-refractivity contribution in [3.8, 4) is 0 Å². The summed E-state index contributed by atoms with van der Waals surface area (Å²) < 4.78 is 5.18. The molecule has 0 radical (unpaired) electrons. The molecule has 156 valence electrons. The number of nitrogens with one attached hydrogen (secondary N) is 1. The number of nitrogens with zero attached hydrogens (tertiary/aromatic N) is 2. The minimum absolute atomic E-state index is 0.0387. The maximum Gasteiger partial charge on any atom is 0.246 e. The normalized spacial score (nSPS) is 23.6. The molecule has 1 aromatic carbocycles. The van der Waals surface area contributed by atoms with Gasteiger partial charge in [-0.2, -0.15) is 0 Å². The van der Waals surface area contributed by atoms with Crippen molar-refractivity contribution in [1.82, 2.24) is 10.2 Å². The van der Waals surface area contributed by atoms with Crippen LogP contribution in [-0.2, 0) is 9.53 Å². The summed E-state index contributed by atoms with van der Waals surface area (Å²) in [5.41, 5.74) is 2.77. The van der Waals surface area contributed by atoms with Crippen molar-refractivity contribution in [3.05, 3.63) is 29.8 Å². The summed E-state index contributed by atoms with van der Waals surface area (Å²) in [7, 11) is 0. The lowest BCUT2D eigenvalue weighted by molar-refractivity contribution is -0.126. The molecule has 0 aromatic heterocycles. The van der Waals surface area contributed by atoms with E-state index in [1.807, 2.05) is 6.92 Å². The quantitative estimate of drug-likeness (QED) is 0.744. The summed E-state index contributed by atoms with van der Waals surface area (Å²) in [6.07, 6.45) is 6.00. The highest BCUT2D eigenvalue weighted by Crippen LogP contribution is 2.27. The molecule has 0 spiro atoms. The first-order chi connectivity index (χ1) is 13.7. The monoisotopic (exact) mass is 387 g/mol. The van der Waals surface area contributed by atoms with Gasteiger partial charge in [0.2, 0.25) is 5.91 Å². The first-order valence-electron chi connectivity index (χ1n) is 11.1. The third kappa shape index (κ3) is 6.21. The lowest BCUT2D eigenvalue weighted by atomic mass is 9.84. The van der Waals surface area contributed by atoms with Crippen LogP contribution < -0.4 is 10.2 Å². The number of benzene rings is 1. The van der Waals surface area contributed by atoms with E-state index < -0.39 is 0 Å². The van der Waals surface area contributed by atoms with Gasteiger partial charge in [0.15, 0.2) is 0 Å². The zero-order chi connectivity index (χ0) is 19.8. The van der Waals surface area contributed by atoms with Gasteiger partial charge in [-0.3, -0.25) is 9.69 Å². The Hall–Kier alpha value is -1.59. The number of anilines is 1. The fourth-order valence-electron chi connectivity index (χ4n) is 4.56. The average molecular weight is 388 g/mol. The van der Waals surface area contributed by atoms with Crippen molar-refractivity contribution < 1.29 is 9.53 Å². The van der Waals surface area contributed by atoms with Gasteiger partial charge >= 0.3 is 0 Å². The van der Waals surface area contributed by atoms with Gasteiger partial charge in [-0.25, -0.2) is 0 Å². The van der Waals surface area contributed by atoms with Crippen molar-refractivity contribution in [1.29, 1.82) is 0 Å². The molecule has 28 heavy (non-hydrogen) atoms. The predicted octanol–water partition coefficient (Wildman–Crippen LogP) is 3.22. The fourth-order valence-corrected chi connectivity index (χ4v) is 4.56. The number of carbonyl (C=O) groups excluding carboxylic acids is 1. The van der Waals surface area contributed by atoms with Crippen LogP contribution in [0, 0.1) is 12.8 Å². The Labute approximate surface area is 170 Å². The van der Waals surface area contributed by atoms with E-state index in [0.29, 0.717) is 12.6 Å². The van der Waals surface area contributed by atoms with Crippen LogP contribution in [0.5, 0.6) is 0 Å². The van der Waals surface area contributed by atoms with Crippen LogP contribution in [0.4, 0.5) is 5.69 Å². The first kappa shape index (κ1) is 21.1. The topological polar surface area (TPSA) is 44.8 Å². The van der Waals surface area contributed by atoms with Gasteiger partial charge < -0.3 is 15.0 Å². The fraction of sp³-hybridized carbons (Fsp3) is 0.696. The Balaban J connectivity index is 1.31. The number of carbonyl (C=O) groups is 1. The number of aryl methyl sites for hydroxylation is 1. The molecule has 1 N–H and O–H groups in total. The highest BCUT2D eigenvalue weighted by molar-refractivity contribution is 5.77.